The summed E-state index contributed by atoms with van der Waals surface area (Å²) in [5.41, 5.74) is -2.92. The Kier molecular flexibility index (Phi) is 5.37. The second kappa shape index (κ2) is 6.25. The van der Waals surface area contributed by atoms with Crippen molar-refractivity contribution < 1.29 is 0 Å². The van der Waals surface area contributed by atoms with Crippen LogP contribution in [0, 0.1) is 73.4 Å². The predicted octanol–water partition coefficient (Wildman–Crippen LogP) is 2.40. The predicted molar refractivity (Wildman–Crippen MR) is 61.6 cm³/mol. The summed E-state index contributed by atoms with van der Waals surface area (Å²) in [6, 6.07) is 9.50. The molecule has 5 heteroatoms. The van der Waals surface area contributed by atoms with Crippen molar-refractivity contribution in [2.45, 2.75) is 33.1 Å². The molecule has 0 heterocycles. The van der Waals surface area contributed by atoms with Crippen molar-refractivity contribution in [3.8, 4) is 30.3 Å². The van der Waals surface area contributed by atoms with Crippen molar-refractivity contribution in [3.63, 3.8) is 0 Å². The van der Waals surface area contributed by atoms with Crippen LogP contribution in [0.15, 0.2) is 0 Å². The second-order valence-corrected chi connectivity index (χ2v) is 4.50. The molecule has 0 saturated carbocycles. The first-order valence-corrected chi connectivity index (χ1v) is 5.46. The van der Waals surface area contributed by atoms with E-state index in [4.69, 9.17) is 15.8 Å². The lowest BCUT2D eigenvalue weighted by atomic mass is 9.60. The fourth-order valence-electron chi connectivity index (χ4n) is 1.75. The Labute approximate surface area is 107 Å². The first-order valence-electron chi connectivity index (χ1n) is 5.46. The Morgan fingerprint density at radius 1 is 0.944 bits per heavy atom. The zero-order chi connectivity index (χ0) is 14.2. The zero-order valence-electron chi connectivity index (χ0n) is 10.4. The van der Waals surface area contributed by atoms with Crippen LogP contribution in [0.1, 0.15) is 33.1 Å². The van der Waals surface area contributed by atoms with Crippen LogP contribution in [0.2, 0.25) is 0 Å². The van der Waals surface area contributed by atoms with E-state index in [0.717, 1.165) is 0 Å². The third-order valence-electron chi connectivity index (χ3n) is 3.08. The normalized spacial score (nSPS) is 12.1. The third-order valence-corrected chi connectivity index (χ3v) is 3.08. The fourth-order valence-corrected chi connectivity index (χ4v) is 1.75. The van der Waals surface area contributed by atoms with Crippen molar-refractivity contribution in [1.29, 1.82) is 26.3 Å². The van der Waals surface area contributed by atoms with Gasteiger partial charge in [-0.05, 0) is 26.7 Å². The molecule has 0 aromatic rings. The van der Waals surface area contributed by atoms with Gasteiger partial charge in [0.15, 0.2) is 5.41 Å². The highest BCUT2D eigenvalue weighted by molar-refractivity contribution is 5.30. The number of hydrogen-bond acceptors (Lipinski definition) is 5. The highest BCUT2D eigenvalue weighted by Crippen LogP contribution is 2.45. The summed E-state index contributed by atoms with van der Waals surface area (Å²) in [5, 5.41) is 45.2. The van der Waals surface area contributed by atoms with E-state index in [-0.39, 0.29) is 12.8 Å². The maximum atomic E-state index is 9.26. The van der Waals surface area contributed by atoms with Crippen LogP contribution in [-0.2, 0) is 0 Å². The summed E-state index contributed by atoms with van der Waals surface area (Å²) in [6.45, 7) is 2.96. The zero-order valence-corrected chi connectivity index (χ0v) is 10.4. The molecule has 1 unspecified atom stereocenters. The van der Waals surface area contributed by atoms with Crippen LogP contribution in [0.4, 0.5) is 0 Å². The molecular weight excluding hydrogens is 226 g/mol. The first-order chi connectivity index (χ1) is 8.45. The largest absolute Gasteiger partial charge is 0.198 e. The molecule has 90 valence electrons. The van der Waals surface area contributed by atoms with Gasteiger partial charge in [0.1, 0.15) is 0 Å². The molecule has 18 heavy (non-hydrogen) atoms. The molecule has 1 atom stereocenters. The summed E-state index contributed by atoms with van der Waals surface area (Å²) in [5.74, 6) is -0.879. The lowest BCUT2D eigenvalue weighted by Crippen LogP contribution is -2.40. The van der Waals surface area contributed by atoms with Crippen molar-refractivity contribution in [1.82, 2.24) is 0 Å². The topological polar surface area (TPSA) is 119 Å². The van der Waals surface area contributed by atoms with Crippen LogP contribution < -0.4 is 0 Å². The molecular formula is C13H13N5. The van der Waals surface area contributed by atoms with Crippen LogP contribution in [0.3, 0.4) is 0 Å². The molecule has 0 rings (SSSR count). The van der Waals surface area contributed by atoms with Gasteiger partial charge < -0.3 is 0 Å². The molecule has 0 aromatic heterocycles. The van der Waals surface area contributed by atoms with Crippen molar-refractivity contribution in [2.75, 3.05) is 0 Å². The van der Waals surface area contributed by atoms with Crippen molar-refractivity contribution >= 4 is 0 Å². The Balaban J connectivity index is 5.45. The summed E-state index contributed by atoms with van der Waals surface area (Å²) in [6.07, 6.45) is 0.954. The van der Waals surface area contributed by atoms with Crippen LogP contribution in [0.5, 0.6) is 0 Å². The highest BCUT2D eigenvalue weighted by atomic mass is 14.6. The molecule has 0 N–H and O–H groups in total. The standard InChI is InChI=1S/C13H13N5/c1-12(2,8-16)13(9-17,10-18)11(7-15)5-3-4-6-14/h11H,3-5H2,1-2H3. The van der Waals surface area contributed by atoms with Gasteiger partial charge in [-0.3, -0.25) is 0 Å². The highest BCUT2D eigenvalue weighted by Gasteiger charge is 2.52. The van der Waals surface area contributed by atoms with E-state index >= 15 is 0 Å². The van der Waals surface area contributed by atoms with Crippen LogP contribution >= 0.6 is 0 Å². The molecule has 0 spiro atoms. The quantitative estimate of drug-likeness (QED) is 0.682. The monoisotopic (exact) mass is 239 g/mol. The molecule has 0 aliphatic carbocycles. The van der Waals surface area contributed by atoms with Gasteiger partial charge in [-0.15, -0.1) is 0 Å². The third kappa shape index (κ3) is 2.58. The van der Waals surface area contributed by atoms with Crippen LogP contribution in [0.25, 0.3) is 0 Å². The average Bonchev–Trinajstić information content (AvgIpc) is 2.38. The van der Waals surface area contributed by atoms with E-state index in [1.807, 2.05) is 30.3 Å². The van der Waals surface area contributed by atoms with Gasteiger partial charge in [0.25, 0.3) is 0 Å². The maximum Gasteiger partial charge on any atom is 0.177 e. The van der Waals surface area contributed by atoms with Gasteiger partial charge in [-0.2, -0.15) is 26.3 Å². The molecule has 0 radical (unpaired) electrons. The van der Waals surface area contributed by atoms with Crippen molar-refractivity contribution in [3.05, 3.63) is 0 Å². The number of unbranched alkanes of at least 4 members (excludes halogenated alkanes) is 1. The minimum absolute atomic E-state index is 0.260. The number of hydrogen-bond donors (Lipinski definition) is 0. The summed E-state index contributed by atoms with van der Waals surface area (Å²) >= 11 is 0. The number of nitrogens with zero attached hydrogens (tertiary/aromatic N) is 5. The van der Waals surface area contributed by atoms with Gasteiger partial charge in [-0.1, -0.05) is 0 Å². The molecule has 0 saturated heterocycles. The number of nitriles is 5. The molecule has 0 amide bonds. The molecule has 0 bridgehead atoms. The van der Waals surface area contributed by atoms with E-state index in [2.05, 4.69) is 0 Å². The first kappa shape index (κ1) is 15.4. The summed E-state index contributed by atoms with van der Waals surface area (Å²) < 4.78 is 0. The molecule has 0 aromatic carbocycles. The van der Waals surface area contributed by atoms with Gasteiger partial charge in [-0.25, -0.2) is 0 Å². The van der Waals surface area contributed by atoms with E-state index in [1.54, 1.807) is 0 Å². The van der Waals surface area contributed by atoms with Gasteiger partial charge in [0.05, 0.1) is 41.7 Å². The molecule has 0 fully saturated rings. The smallest absolute Gasteiger partial charge is 0.177 e. The Hall–Kier alpha value is -2.55. The maximum absolute atomic E-state index is 9.26. The van der Waals surface area contributed by atoms with E-state index in [9.17, 15) is 10.5 Å². The van der Waals surface area contributed by atoms with Gasteiger partial charge in [0.2, 0.25) is 0 Å². The number of rotatable bonds is 5. The lowest BCUT2D eigenvalue weighted by molar-refractivity contribution is 0.201. The van der Waals surface area contributed by atoms with E-state index in [1.165, 1.54) is 13.8 Å². The minimum atomic E-state index is -1.67. The minimum Gasteiger partial charge on any atom is -0.198 e. The lowest BCUT2D eigenvalue weighted by Gasteiger charge is -2.33. The van der Waals surface area contributed by atoms with Gasteiger partial charge >= 0.3 is 0 Å². The van der Waals surface area contributed by atoms with Crippen molar-refractivity contribution in [2.24, 2.45) is 16.7 Å². The van der Waals surface area contributed by atoms with E-state index < -0.39 is 16.7 Å². The Bertz CT molecular complexity index is 484. The fraction of sp³-hybridized carbons (Fsp3) is 0.615. The Morgan fingerprint density at radius 3 is 1.83 bits per heavy atom. The van der Waals surface area contributed by atoms with Gasteiger partial charge in [0, 0.05) is 6.42 Å². The SMILES string of the molecule is CC(C)(C#N)C(C#N)(C#N)C(C#N)CCCC#N. The average molecular weight is 239 g/mol. The van der Waals surface area contributed by atoms with E-state index in [0.29, 0.717) is 6.42 Å². The van der Waals surface area contributed by atoms with Crippen LogP contribution in [-0.4, -0.2) is 0 Å². The second-order valence-electron chi connectivity index (χ2n) is 4.50. The molecule has 5 nitrogen and oxygen atoms in total. The summed E-state index contributed by atoms with van der Waals surface area (Å²) in [7, 11) is 0. The molecule has 0 aliphatic rings. The molecule has 0 aliphatic heterocycles. The summed E-state index contributed by atoms with van der Waals surface area (Å²) in [4.78, 5) is 0. The Morgan fingerprint density at radius 2 is 1.50 bits per heavy atom.